The molecule has 0 bridgehead atoms. The summed E-state index contributed by atoms with van der Waals surface area (Å²) in [4.78, 5) is 4.54. The molecule has 7 nitrogen and oxygen atoms in total. The number of nitrogens with zero attached hydrogens (tertiary/aromatic N) is 5. The van der Waals surface area contributed by atoms with Crippen LogP contribution in [0, 0.1) is 0 Å². The number of thioether (sulfide) groups is 1. The third kappa shape index (κ3) is 3.49. The van der Waals surface area contributed by atoms with E-state index in [-0.39, 0.29) is 11.2 Å². The van der Waals surface area contributed by atoms with Crippen LogP contribution in [0.4, 0.5) is 0 Å². The van der Waals surface area contributed by atoms with Crippen LogP contribution in [0.1, 0.15) is 74.0 Å². The second-order valence-corrected chi connectivity index (χ2v) is 7.99. The monoisotopic (exact) mass is 359 g/mol. The van der Waals surface area contributed by atoms with E-state index < -0.39 is 0 Å². The van der Waals surface area contributed by atoms with Crippen LogP contribution in [0.2, 0.25) is 0 Å². The second kappa shape index (κ2) is 6.67. The fraction of sp³-hybridized carbons (Fsp3) is 0.529. The van der Waals surface area contributed by atoms with Crippen molar-refractivity contribution in [3.63, 3.8) is 0 Å². The van der Waals surface area contributed by atoms with Crippen LogP contribution in [-0.2, 0) is 6.54 Å². The first kappa shape index (κ1) is 16.4. The summed E-state index contributed by atoms with van der Waals surface area (Å²) in [5, 5.41) is 13.7. The van der Waals surface area contributed by atoms with E-state index in [1.807, 2.05) is 12.1 Å². The Balaban J connectivity index is 1.56. The number of hydrogen-bond acceptors (Lipinski definition) is 7. The van der Waals surface area contributed by atoms with Gasteiger partial charge in [-0.05, 0) is 31.9 Å². The van der Waals surface area contributed by atoms with Gasteiger partial charge in [0.05, 0.1) is 18.1 Å². The van der Waals surface area contributed by atoms with Crippen LogP contribution >= 0.6 is 11.8 Å². The fourth-order valence-corrected chi connectivity index (χ4v) is 3.54. The lowest BCUT2D eigenvalue weighted by atomic mass is 10.2. The van der Waals surface area contributed by atoms with Crippen LogP contribution in [0.25, 0.3) is 0 Å². The van der Waals surface area contributed by atoms with E-state index in [0.717, 1.165) is 35.4 Å². The summed E-state index contributed by atoms with van der Waals surface area (Å²) in [6.45, 7) is 6.89. The average molecular weight is 359 g/mol. The minimum Gasteiger partial charge on any atom is -0.467 e. The molecule has 3 heterocycles. The minimum absolute atomic E-state index is 0.0135. The van der Waals surface area contributed by atoms with Gasteiger partial charge in [0.1, 0.15) is 11.6 Å². The summed E-state index contributed by atoms with van der Waals surface area (Å²) >= 11 is 1.58. The highest BCUT2D eigenvalue weighted by molar-refractivity contribution is 7.99. The summed E-state index contributed by atoms with van der Waals surface area (Å²) in [5.41, 5.74) is 0. The molecule has 0 amide bonds. The zero-order valence-electron chi connectivity index (χ0n) is 14.5. The molecule has 0 aromatic carbocycles. The van der Waals surface area contributed by atoms with Gasteiger partial charge in [0.2, 0.25) is 5.89 Å². The van der Waals surface area contributed by atoms with E-state index in [9.17, 15) is 0 Å². The van der Waals surface area contributed by atoms with Crippen LogP contribution in [0.5, 0.6) is 0 Å². The van der Waals surface area contributed by atoms with Gasteiger partial charge in [-0.2, -0.15) is 4.98 Å². The first-order valence-electron chi connectivity index (χ1n) is 8.57. The molecule has 1 unspecified atom stereocenters. The number of hydrogen-bond donors (Lipinski definition) is 0. The van der Waals surface area contributed by atoms with Gasteiger partial charge in [-0.25, -0.2) is 0 Å². The smallest absolute Gasteiger partial charge is 0.239 e. The van der Waals surface area contributed by atoms with Crippen molar-refractivity contribution in [2.24, 2.45) is 0 Å². The number of furan rings is 1. The maximum Gasteiger partial charge on any atom is 0.239 e. The van der Waals surface area contributed by atoms with Gasteiger partial charge in [0.25, 0.3) is 0 Å². The molecule has 0 saturated heterocycles. The molecule has 1 aliphatic rings. The Labute approximate surface area is 150 Å². The first-order valence-corrected chi connectivity index (χ1v) is 9.45. The van der Waals surface area contributed by atoms with Crippen molar-refractivity contribution in [2.45, 2.75) is 62.4 Å². The van der Waals surface area contributed by atoms with E-state index in [2.05, 4.69) is 45.7 Å². The van der Waals surface area contributed by atoms with Crippen LogP contribution in [-0.4, -0.2) is 24.9 Å². The Morgan fingerprint density at radius 2 is 2.12 bits per heavy atom. The lowest BCUT2D eigenvalue weighted by molar-refractivity contribution is 0.374. The van der Waals surface area contributed by atoms with Crippen molar-refractivity contribution in [1.82, 2.24) is 24.9 Å². The SMILES string of the molecule is CC(C)c1nnc(SC(C)c2nc(C3CC3)no2)n1Cc1ccco1. The van der Waals surface area contributed by atoms with Crippen LogP contribution in [0.3, 0.4) is 0 Å². The van der Waals surface area contributed by atoms with E-state index in [0.29, 0.717) is 18.4 Å². The molecule has 25 heavy (non-hydrogen) atoms. The molecule has 3 aromatic rings. The van der Waals surface area contributed by atoms with Gasteiger partial charge in [0.15, 0.2) is 11.0 Å². The van der Waals surface area contributed by atoms with Crippen LogP contribution in [0.15, 0.2) is 32.5 Å². The molecule has 1 fully saturated rings. The van der Waals surface area contributed by atoms with Crippen molar-refractivity contribution in [3.05, 3.63) is 41.7 Å². The zero-order chi connectivity index (χ0) is 17.4. The summed E-state index contributed by atoms with van der Waals surface area (Å²) in [5.74, 6) is 4.06. The molecule has 0 aliphatic heterocycles. The molecule has 0 spiro atoms. The molecule has 0 radical (unpaired) electrons. The Morgan fingerprint density at radius 3 is 2.80 bits per heavy atom. The predicted molar refractivity (Wildman–Crippen MR) is 92.5 cm³/mol. The van der Waals surface area contributed by atoms with Gasteiger partial charge >= 0.3 is 0 Å². The molecule has 1 atom stereocenters. The Bertz CT molecular complexity index is 835. The number of rotatable bonds is 7. The molecular formula is C17H21N5O2S. The lowest BCUT2D eigenvalue weighted by Gasteiger charge is -2.12. The topological polar surface area (TPSA) is 82.8 Å². The van der Waals surface area contributed by atoms with E-state index >= 15 is 0 Å². The summed E-state index contributed by atoms with van der Waals surface area (Å²) in [6.07, 6.45) is 4.01. The van der Waals surface area contributed by atoms with E-state index in [1.54, 1.807) is 18.0 Å². The van der Waals surface area contributed by atoms with Gasteiger partial charge in [0, 0.05) is 11.8 Å². The molecule has 1 aliphatic carbocycles. The quantitative estimate of drug-likeness (QED) is 0.586. The maximum atomic E-state index is 5.50. The molecule has 1 saturated carbocycles. The second-order valence-electron chi connectivity index (χ2n) is 6.69. The molecule has 8 heteroatoms. The Hall–Kier alpha value is -2.09. The highest BCUT2D eigenvalue weighted by atomic mass is 32.2. The predicted octanol–water partition coefficient (Wildman–Crippen LogP) is 4.16. The van der Waals surface area contributed by atoms with Crippen molar-refractivity contribution >= 4 is 11.8 Å². The maximum absolute atomic E-state index is 5.50. The molecule has 3 aromatic heterocycles. The fourth-order valence-electron chi connectivity index (χ4n) is 2.65. The third-order valence-electron chi connectivity index (χ3n) is 4.19. The molecule has 0 N–H and O–H groups in total. The summed E-state index contributed by atoms with van der Waals surface area (Å²) in [7, 11) is 0. The van der Waals surface area contributed by atoms with Gasteiger partial charge in [-0.3, -0.25) is 4.57 Å². The Kier molecular flexibility index (Phi) is 4.37. The van der Waals surface area contributed by atoms with Crippen LogP contribution < -0.4 is 0 Å². The third-order valence-corrected chi connectivity index (χ3v) is 5.25. The highest BCUT2D eigenvalue weighted by Gasteiger charge is 2.30. The summed E-state index contributed by atoms with van der Waals surface area (Å²) in [6, 6.07) is 3.85. The first-order chi connectivity index (χ1) is 12.1. The normalized spacial score (nSPS) is 15.8. The molecule has 4 rings (SSSR count). The van der Waals surface area contributed by atoms with E-state index in [1.165, 1.54) is 0 Å². The number of aromatic nitrogens is 5. The zero-order valence-corrected chi connectivity index (χ0v) is 15.4. The summed E-state index contributed by atoms with van der Waals surface area (Å²) < 4.78 is 13.0. The van der Waals surface area contributed by atoms with Gasteiger partial charge in [-0.15, -0.1) is 10.2 Å². The highest BCUT2D eigenvalue weighted by Crippen LogP contribution is 2.40. The average Bonchev–Trinajstić information content (AvgIpc) is 3.02. The van der Waals surface area contributed by atoms with Crippen molar-refractivity contribution < 1.29 is 8.94 Å². The minimum atomic E-state index is 0.0135. The molecular weight excluding hydrogens is 338 g/mol. The standard InChI is InChI=1S/C17H21N5O2S/c1-10(2)15-19-20-17(22(15)9-13-5-4-8-23-13)25-11(3)16-18-14(21-24-16)12-6-7-12/h4-5,8,10-12H,6-7,9H2,1-3H3. The lowest BCUT2D eigenvalue weighted by Crippen LogP contribution is -2.08. The largest absolute Gasteiger partial charge is 0.467 e. The van der Waals surface area contributed by atoms with Gasteiger partial charge in [-0.1, -0.05) is 30.8 Å². The van der Waals surface area contributed by atoms with Crippen molar-refractivity contribution in [2.75, 3.05) is 0 Å². The van der Waals surface area contributed by atoms with Crippen molar-refractivity contribution in [1.29, 1.82) is 0 Å². The Morgan fingerprint density at radius 1 is 1.28 bits per heavy atom. The molecule has 132 valence electrons. The van der Waals surface area contributed by atoms with Crippen molar-refractivity contribution in [3.8, 4) is 0 Å². The van der Waals surface area contributed by atoms with E-state index in [4.69, 9.17) is 8.94 Å². The van der Waals surface area contributed by atoms with Gasteiger partial charge < -0.3 is 8.94 Å².